The van der Waals surface area contributed by atoms with Crippen molar-refractivity contribution in [3.8, 4) is 10.7 Å². The summed E-state index contributed by atoms with van der Waals surface area (Å²) in [6.45, 7) is 0. The first-order valence-electron chi connectivity index (χ1n) is 6.65. The number of rotatable bonds is 4. The molecular formula is C15H12N4S3. The Kier molecular flexibility index (Phi) is 3.61. The van der Waals surface area contributed by atoms with E-state index in [9.17, 15) is 0 Å². The molecule has 4 aromatic rings. The van der Waals surface area contributed by atoms with Crippen LogP contribution in [0, 0.1) is 0 Å². The lowest BCUT2D eigenvalue weighted by molar-refractivity contribution is 1.09. The second-order valence-corrected chi connectivity index (χ2v) is 7.90. The topological polar surface area (TPSA) is 44.8 Å². The molecule has 0 aliphatic rings. The lowest BCUT2D eigenvalue weighted by Gasteiger charge is -2.17. The molecule has 0 spiro atoms. The molecule has 3 heterocycles. The number of nitrogens with one attached hydrogen (secondary N) is 1. The molecule has 0 amide bonds. The van der Waals surface area contributed by atoms with Gasteiger partial charge in [0.2, 0.25) is 0 Å². The van der Waals surface area contributed by atoms with Crippen LogP contribution in [0.1, 0.15) is 0 Å². The highest BCUT2D eigenvalue weighted by molar-refractivity contribution is 8.02. The van der Waals surface area contributed by atoms with Crippen LogP contribution in [-0.2, 0) is 0 Å². The van der Waals surface area contributed by atoms with Gasteiger partial charge in [0.1, 0.15) is 5.51 Å². The number of anilines is 1. The van der Waals surface area contributed by atoms with Gasteiger partial charge in [-0.15, -0.1) is 21.5 Å². The molecule has 0 aliphatic carbocycles. The number of nitrogens with zero attached hydrogens (tertiary/aromatic N) is 3. The minimum atomic E-state index is 0.913. The number of aromatic nitrogens is 3. The number of benzene rings is 1. The van der Waals surface area contributed by atoms with E-state index in [0.29, 0.717) is 0 Å². The van der Waals surface area contributed by atoms with Gasteiger partial charge < -0.3 is 9.29 Å². The summed E-state index contributed by atoms with van der Waals surface area (Å²) in [6.07, 6.45) is 0. The Morgan fingerprint density at radius 2 is 2.14 bits per heavy atom. The predicted molar refractivity (Wildman–Crippen MR) is 95.8 cm³/mol. The first-order valence-corrected chi connectivity index (χ1v) is 9.18. The minimum Gasteiger partial charge on any atom is -0.351 e. The average molecular weight is 344 g/mol. The van der Waals surface area contributed by atoms with Crippen LogP contribution >= 0.6 is 34.6 Å². The van der Waals surface area contributed by atoms with E-state index >= 15 is 0 Å². The Balaban J connectivity index is 1.74. The fourth-order valence-corrected chi connectivity index (χ4v) is 4.62. The van der Waals surface area contributed by atoms with Crippen LogP contribution in [0.2, 0.25) is 0 Å². The minimum absolute atomic E-state index is 0.913. The van der Waals surface area contributed by atoms with Gasteiger partial charge in [0.25, 0.3) is 0 Å². The summed E-state index contributed by atoms with van der Waals surface area (Å²) in [4.78, 5) is 3.48. The number of hydrogen-bond donors (Lipinski definition) is 1. The molecule has 0 fully saturated rings. The zero-order valence-corrected chi connectivity index (χ0v) is 14.1. The van der Waals surface area contributed by atoms with E-state index < -0.39 is 0 Å². The van der Waals surface area contributed by atoms with E-state index in [4.69, 9.17) is 0 Å². The van der Waals surface area contributed by atoms with Crippen LogP contribution in [0.15, 0.2) is 51.5 Å². The molecule has 4 rings (SSSR count). The molecule has 0 unspecified atom stereocenters. The number of para-hydroxylation sites is 1. The molecule has 0 bridgehead atoms. The van der Waals surface area contributed by atoms with Crippen molar-refractivity contribution >= 4 is 51.2 Å². The Labute approximate surface area is 140 Å². The molecule has 0 atom stereocenters. The summed E-state index contributed by atoms with van der Waals surface area (Å²) in [7, 11) is 2.09. The first kappa shape index (κ1) is 13.8. The Morgan fingerprint density at radius 3 is 2.91 bits per heavy atom. The summed E-state index contributed by atoms with van der Waals surface area (Å²) in [6, 6.07) is 12.7. The largest absolute Gasteiger partial charge is 0.351 e. The van der Waals surface area contributed by atoms with Gasteiger partial charge in [-0.3, -0.25) is 0 Å². The lowest BCUT2D eigenvalue weighted by atomic mass is 10.2. The van der Waals surface area contributed by atoms with Gasteiger partial charge in [0, 0.05) is 12.4 Å². The van der Waals surface area contributed by atoms with Gasteiger partial charge in [-0.2, -0.15) is 0 Å². The number of hydrogen-bond acceptors (Lipinski definition) is 6. The van der Waals surface area contributed by atoms with Crippen LogP contribution in [0.5, 0.6) is 0 Å². The smallest absolute Gasteiger partial charge is 0.163 e. The van der Waals surface area contributed by atoms with E-state index in [1.54, 1.807) is 28.8 Å². The summed E-state index contributed by atoms with van der Waals surface area (Å²) in [5.41, 5.74) is 5.05. The number of thiophene rings is 1. The van der Waals surface area contributed by atoms with Crippen LogP contribution in [-0.4, -0.2) is 22.2 Å². The quantitative estimate of drug-likeness (QED) is 0.535. The average Bonchev–Trinajstić information content (AvgIpc) is 3.26. The Bertz CT molecular complexity index is 881. The molecule has 0 aliphatic heterocycles. The van der Waals surface area contributed by atoms with Crippen molar-refractivity contribution in [2.75, 3.05) is 11.4 Å². The second kappa shape index (κ2) is 5.75. The molecule has 1 N–H and O–H groups in total. The molecule has 0 saturated carbocycles. The third kappa shape index (κ3) is 2.51. The van der Waals surface area contributed by atoms with Crippen molar-refractivity contribution in [2.45, 2.75) is 4.21 Å². The molecule has 0 saturated heterocycles. The third-order valence-corrected chi connectivity index (χ3v) is 5.97. The molecule has 3 aromatic heterocycles. The van der Waals surface area contributed by atoms with Gasteiger partial charge in [0.05, 0.1) is 21.1 Å². The fraction of sp³-hybridized carbons (Fsp3) is 0.0667. The summed E-state index contributed by atoms with van der Waals surface area (Å²) in [5.74, 6) is 0. The molecule has 1 aromatic carbocycles. The number of fused-ring (bicyclic) bond motifs is 1. The third-order valence-electron chi connectivity index (χ3n) is 3.29. The van der Waals surface area contributed by atoms with Crippen LogP contribution in [0.25, 0.3) is 21.6 Å². The van der Waals surface area contributed by atoms with E-state index in [-0.39, 0.29) is 0 Å². The van der Waals surface area contributed by atoms with Crippen LogP contribution < -0.4 is 4.31 Å². The van der Waals surface area contributed by atoms with Gasteiger partial charge in [-0.1, -0.05) is 29.5 Å². The van der Waals surface area contributed by atoms with Gasteiger partial charge in [-0.25, -0.2) is 0 Å². The standard InChI is InChI=1S/C15H12N4S3/c1-19(22-13-6-3-7-20-13)12-5-2-4-10-8-11(17-14(10)12)15-18-16-9-21-15/h2-9,17H,1H3. The predicted octanol–water partition coefficient (Wildman–Crippen LogP) is 4.89. The maximum atomic E-state index is 4.14. The maximum Gasteiger partial charge on any atom is 0.163 e. The lowest BCUT2D eigenvalue weighted by Crippen LogP contribution is -2.05. The summed E-state index contributed by atoms with van der Waals surface area (Å²) in [5, 5.41) is 12.2. The fourth-order valence-electron chi connectivity index (χ4n) is 2.31. The van der Waals surface area contributed by atoms with Crippen molar-refractivity contribution in [3.63, 3.8) is 0 Å². The van der Waals surface area contributed by atoms with Crippen LogP contribution in [0.4, 0.5) is 5.69 Å². The number of H-pyrrole nitrogens is 1. The molecule has 22 heavy (non-hydrogen) atoms. The molecular weight excluding hydrogens is 332 g/mol. The van der Waals surface area contributed by atoms with E-state index in [1.807, 2.05) is 0 Å². The normalized spacial score (nSPS) is 11.1. The van der Waals surface area contributed by atoms with Crippen LogP contribution in [0.3, 0.4) is 0 Å². The Morgan fingerprint density at radius 1 is 1.18 bits per heavy atom. The molecule has 0 radical (unpaired) electrons. The molecule has 4 nitrogen and oxygen atoms in total. The van der Waals surface area contributed by atoms with E-state index in [2.05, 4.69) is 68.3 Å². The molecule has 7 heteroatoms. The maximum absolute atomic E-state index is 4.14. The van der Waals surface area contributed by atoms with Gasteiger partial charge >= 0.3 is 0 Å². The summed E-state index contributed by atoms with van der Waals surface area (Å²) >= 11 is 5.02. The van der Waals surface area contributed by atoms with Crippen molar-refractivity contribution in [1.29, 1.82) is 0 Å². The van der Waals surface area contributed by atoms with Crippen molar-refractivity contribution < 1.29 is 0 Å². The van der Waals surface area contributed by atoms with E-state index in [0.717, 1.165) is 21.9 Å². The zero-order valence-electron chi connectivity index (χ0n) is 11.7. The van der Waals surface area contributed by atoms with Crippen molar-refractivity contribution in [3.05, 3.63) is 47.3 Å². The van der Waals surface area contributed by atoms with Crippen molar-refractivity contribution in [1.82, 2.24) is 15.2 Å². The second-order valence-electron chi connectivity index (χ2n) is 4.69. The monoisotopic (exact) mass is 344 g/mol. The summed E-state index contributed by atoms with van der Waals surface area (Å²) < 4.78 is 3.46. The van der Waals surface area contributed by atoms with Gasteiger partial charge in [-0.05, 0) is 35.5 Å². The van der Waals surface area contributed by atoms with Crippen molar-refractivity contribution in [2.24, 2.45) is 0 Å². The van der Waals surface area contributed by atoms with Gasteiger partial charge in [0.15, 0.2) is 5.01 Å². The molecule has 110 valence electrons. The highest BCUT2D eigenvalue weighted by Crippen LogP contribution is 2.36. The SMILES string of the molecule is CN(Sc1cccs1)c1cccc2cc(-c3nncs3)[nH]c12. The highest BCUT2D eigenvalue weighted by atomic mass is 32.2. The Hall–Kier alpha value is -1.83. The number of aromatic amines is 1. The zero-order chi connectivity index (χ0) is 14.9. The van der Waals surface area contributed by atoms with E-state index in [1.165, 1.54) is 20.9 Å². The highest BCUT2D eigenvalue weighted by Gasteiger charge is 2.12. The first-order chi connectivity index (χ1) is 10.8.